The van der Waals surface area contributed by atoms with Gasteiger partial charge in [-0.1, -0.05) is 11.6 Å². The van der Waals surface area contributed by atoms with Crippen molar-refractivity contribution in [1.29, 1.82) is 0 Å². The van der Waals surface area contributed by atoms with Gasteiger partial charge in [-0.2, -0.15) is 78.7 Å². The lowest BCUT2D eigenvalue weighted by Gasteiger charge is -2.42. The molecule has 1 N–H and O–H groups in total. The van der Waals surface area contributed by atoms with Crippen molar-refractivity contribution >= 4 is 21.7 Å². The van der Waals surface area contributed by atoms with Gasteiger partial charge in [0.05, 0.1) is 0 Å². The molecule has 0 spiro atoms. The van der Waals surface area contributed by atoms with E-state index in [1.54, 1.807) is 0 Å². The Hall–Kier alpha value is -0.920. The predicted molar refractivity (Wildman–Crippen MR) is 57.0 cm³/mol. The van der Waals surface area contributed by atoms with E-state index in [9.17, 15) is 78.7 Å². The maximum Gasteiger partial charge on any atom is 0.460 e. The molecule has 0 bridgehead atoms. The molecule has 21 heteroatoms. The molecule has 0 radical (unpaired) electrons. The van der Waals surface area contributed by atoms with Crippen molar-refractivity contribution in [3.63, 3.8) is 0 Å². The maximum absolute atomic E-state index is 13.2. The quantitative estimate of drug-likeness (QED) is 0.291. The van der Waals surface area contributed by atoms with E-state index in [4.69, 9.17) is 4.55 Å². The summed E-state index contributed by atoms with van der Waals surface area (Å²) in [7, 11) is -7.46. The second kappa shape index (κ2) is 6.54. The van der Waals surface area contributed by atoms with Crippen LogP contribution in [0.2, 0.25) is 0 Å². The third kappa shape index (κ3) is 3.37. The van der Waals surface area contributed by atoms with E-state index in [2.05, 4.69) is 11.6 Å². The fraction of sp³-hybridized carbons (Fsp3) is 1.00. The van der Waals surface area contributed by atoms with Gasteiger partial charge in [-0.3, -0.25) is 4.55 Å². The first-order valence-electron chi connectivity index (χ1n) is 5.68. The van der Waals surface area contributed by atoms with E-state index < -0.39 is 56.3 Å². The van der Waals surface area contributed by atoms with Gasteiger partial charge in [0.1, 0.15) is 0 Å². The predicted octanol–water partition coefficient (Wildman–Crippen LogP) is 5.11. The zero-order valence-electron chi connectivity index (χ0n) is 12.1. The van der Waals surface area contributed by atoms with Crippen LogP contribution in [0, 0.1) is 0 Å². The molecule has 176 valence electrons. The molecule has 0 aliphatic carbocycles. The van der Waals surface area contributed by atoms with Crippen LogP contribution < -0.4 is 0 Å². The Morgan fingerprint density at radius 3 is 0.897 bits per heavy atom. The molecular formula is C8HClF16O3S. The summed E-state index contributed by atoms with van der Waals surface area (Å²) in [5, 5.41) is 0. The van der Waals surface area contributed by atoms with E-state index in [0.29, 0.717) is 0 Å². The van der Waals surface area contributed by atoms with E-state index in [-0.39, 0.29) is 0 Å². The monoisotopic (exact) mass is 516 g/mol. The highest BCUT2D eigenvalue weighted by Gasteiger charge is 2.95. The topological polar surface area (TPSA) is 54.4 Å². The fourth-order valence-corrected chi connectivity index (χ4v) is 1.88. The van der Waals surface area contributed by atoms with Crippen molar-refractivity contribution in [2.45, 2.75) is 46.2 Å². The normalized spacial score (nSPS) is 18.6. The molecule has 0 aromatic carbocycles. The zero-order chi connectivity index (χ0) is 24.5. The second-order valence-electron chi connectivity index (χ2n) is 4.94. The number of halogens is 17. The Balaban J connectivity index is 6.90. The standard InChI is InChI=1S/C8HClF16O3S/c9-7(22,29(26,27)28)5(18,19)3(14,15)1(10,11)2(12,13)4(16,17)6(20,21)8(23,24)25/h(H,26,27,28). The van der Waals surface area contributed by atoms with Crippen LogP contribution in [0.5, 0.6) is 0 Å². The SMILES string of the molecule is O=S(=O)(O)C(F)(Cl)C(F)(F)C(F)(F)C(F)(F)C(F)(F)C(F)(F)C(F)(F)C(F)(F)F. The molecule has 29 heavy (non-hydrogen) atoms. The summed E-state index contributed by atoms with van der Waals surface area (Å²) in [5.74, 6) is -50.9. The van der Waals surface area contributed by atoms with Crippen LogP contribution in [-0.2, 0) is 10.1 Å². The molecule has 0 aromatic rings. The largest absolute Gasteiger partial charge is 0.460 e. The van der Waals surface area contributed by atoms with Crippen LogP contribution in [0.25, 0.3) is 0 Å². The van der Waals surface area contributed by atoms with Crippen LogP contribution in [0.3, 0.4) is 0 Å². The summed E-state index contributed by atoms with van der Waals surface area (Å²) in [6.07, 6.45) is -7.83. The first-order chi connectivity index (χ1) is 12.0. The fourth-order valence-electron chi connectivity index (χ4n) is 1.31. The lowest BCUT2D eigenvalue weighted by atomic mass is 9.91. The summed E-state index contributed by atoms with van der Waals surface area (Å²) in [6, 6.07) is 0. The molecule has 0 aromatic heterocycles. The highest BCUT2D eigenvalue weighted by Crippen LogP contribution is 2.64. The van der Waals surface area contributed by atoms with Crippen LogP contribution in [0.4, 0.5) is 70.2 Å². The lowest BCUT2D eigenvalue weighted by molar-refractivity contribution is -0.454. The van der Waals surface area contributed by atoms with Crippen molar-refractivity contribution in [2.75, 3.05) is 0 Å². The highest BCUT2D eigenvalue weighted by atomic mass is 35.5. The van der Waals surface area contributed by atoms with Gasteiger partial charge in [-0.25, -0.2) is 0 Å². The molecule has 0 saturated carbocycles. The van der Waals surface area contributed by atoms with Crippen molar-refractivity contribution < 1.29 is 83.2 Å². The van der Waals surface area contributed by atoms with E-state index in [1.165, 1.54) is 0 Å². The number of alkyl halides is 17. The molecule has 0 fully saturated rings. The Bertz CT molecular complexity index is 738. The average molecular weight is 517 g/mol. The molecule has 1 unspecified atom stereocenters. The summed E-state index contributed by atoms with van der Waals surface area (Å²) in [4.78, 5) is 0. The van der Waals surface area contributed by atoms with Crippen molar-refractivity contribution in [3.05, 3.63) is 0 Å². The van der Waals surface area contributed by atoms with Gasteiger partial charge in [-0.05, 0) is 0 Å². The van der Waals surface area contributed by atoms with Crippen LogP contribution in [0.15, 0.2) is 0 Å². The minimum Gasteiger partial charge on any atom is -0.282 e. The molecule has 0 aliphatic heterocycles. The molecule has 0 amide bonds. The number of rotatable bonds is 7. The van der Waals surface area contributed by atoms with E-state index in [0.717, 1.165) is 0 Å². The van der Waals surface area contributed by atoms with Gasteiger partial charge >= 0.3 is 56.3 Å². The Kier molecular flexibility index (Phi) is 6.33. The maximum atomic E-state index is 13.2. The zero-order valence-corrected chi connectivity index (χ0v) is 13.7. The smallest absolute Gasteiger partial charge is 0.282 e. The minimum atomic E-state index is -8.75. The molecule has 0 aliphatic rings. The molecule has 0 heterocycles. The van der Waals surface area contributed by atoms with Crippen LogP contribution in [-0.4, -0.2) is 59.1 Å². The Morgan fingerprint density at radius 1 is 0.483 bits per heavy atom. The van der Waals surface area contributed by atoms with Gasteiger partial charge in [0.2, 0.25) is 0 Å². The number of hydrogen-bond acceptors (Lipinski definition) is 2. The average Bonchev–Trinajstić information content (AvgIpc) is 2.43. The van der Waals surface area contributed by atoms with Gasteiger partial charge in [0.15, 0.2) is 0 Å². The van der Waals surface area contributed by atoms with Crippen molar-refractivity contribution in [1.82, 2.24) is 0 Å². The third-order valence-corrected chi connectivity index (χ3v) is 4.74. The van der Waals surface area contributed by atoms with Crippen LogP contribution >= 0.6 is 11.6 Å². The third-order valence-electron chi connectivity index (χ3n) is 3.02. The van der Waals surface area contributed by atoms with Gasteiger partial charge < -0.3 is 0 Å². The summed E-state index contributed by atoms with van der Waals surface area (Å²) in [6.45, 7) is 0. The van der Waals surface area contributed by atoms with Crippen molar-refractivity contribution in [3.8, 4) is 0 Å². The summed E-state index contributed by atoms with van der Waals surface area (Å²) in [5.41, 5.74) is 0. The van der Waals surface area contributed by atoms with E-state index >= 15 is 0 Å². The second-order valence-corrected chi connectivity index (χ2v) is 7.19. The number of hydrogen-bond donors (Lipinski definition) is 1. The molecule has 3 nitrogen and oxygen atoms in total. The lowest BCUT2D eigenvalue weighted by Crippen LogP contribution is -2.74. The first kappa shape index (κ1) is 28.1. The molecular weight excluding hydrogens is 516 g/mol. The molecule has 0 saturated heterocycles. The van der Waals surface area contributed by atoms with E-state index in [1.807, 2.05) is 0 Å². The Morgan fingerprint density at radius 2 is 0.690 bits per heavy atom. The molecule has 0 rings (SSSR count). The summed E-state index contributed by atoms with van der Waals surface area (Å²) >= 11 is 3.59. The highest BCUT2D eigenvalue weighted by molar-refractivity contribution is 7.88. The van der Waals surface area contributed by atoms with Gasteiger partial charge in [-0.15, -0.1) is 0 Å². The van der Waals surface area contributed by atoms with Crippen molar-refractivity contribution in [2.24, 2.45) is 0 Å². The van der Waals surface area contributed by atoms with Gasteiger partial charge in [0.25, 0.3) is 0 Å². The van der Waals surface area contributed by atoms with Crippen LogP contribution in [0.1, 0.15) is 0 Å². The Labute approximate surface area is 152 Å². The summed E-state index contributed by atoms with van der Waals surface area (Å²) < 4.78 is 226. The van der Waals surface area contributed by atoms with Gasteiger partial charge in [0, 0.05) is 0 Å². The molecule has 1 atom stereocenters. The minimum absolute atomic E-state index is 3.59. The first-order valence-corrected chi connectivity index (χ1v) is 7.50.